The molecule has 2 aliphatic rings. The lowest BCUT2D eigenvalue weighted by atomic mass is 10.0. The fourth-order valence-corrected chi connectivity index (χ4v) is 3.71. The lowest BCUT2D eigenvalue weighted by Crippen LogP contribution is -2.47. The molecule has 0 aromatic heterocycles. The molecule has 6 heteroatoms. The van der Waals surface area contributed by atoms with Gasteiger partial charge in [0.2, 0.25) is 0 Å². The van der Waals surface area contributed by atoms with E-state index in [1.165, 1.54) is 17.7 Å². The number of morpholine rings is 1. The number of rotatable bonds is 6. The smallest absolute Gasteiger partial charge is 0.270 e. The molecule has 4 rings (SSSR count). The molecule has 0 N–H and O–H groups in total. The summed E-state index contributed by atoms with van der Waals surface area (Å²) >= 11 is 0. The highest BCUT2D eigenvalue weighted by Crippen LogP contribution is 2.32. The van der Waals surface area contributed by atoms with Crippen molar-refractivity contribution in [1.29, 1.82) is 0 Å². The summed E-state index contributed by atoms with van der Waals surface area (Å²) in [4.78, 5) is 17.4. The first-order valence-electron chi connectivity index (χ1n) is 9.65. The number of carbonyl (C=O) groups excluding carboxylic acids is 1. The Bertz CT molecular complexity index is 939. The Morgan fingerprint density at radius 1 is 1.24 bits per heavy atom. The maximum absolute atomic E-state index is 13.5. The highest BCUT2D eigenvalue weighted by molar-refractivity contribution is 6.06. The summed E-state index contributed by atoms with van der Waals surface area (Å²) in [6, 6.07) is 14.3. The minimum Gasteiger partial charge on any atom is -0.349 e. The van der Waals surface area contributed by atoms with Gasteiger partial charge in [-0.2, -0.15) is 0 Å². The van der Waals surface area contributed by atoms with Gasteiger partial charge < -0.3 is 9.47 Å². The lowest BCUT2D eigenvalue weighted by Gasteiger charge is -2.41. The van der Waals surface area contributed by atoms with Crippen molar-refractivity contribution in [1.82, 2.24) is 4.90 Å². The maximum atomic E-state index is 13.5. The molecule has 29 heavy (non-hydrogen) atoms. The van der Waals surface area contributed by atoms with E-state index >= 15 is 0 Å². The summed E-state index contributed by atoms with van der Waals surface area (Å²) in [6.07, 6.45) is 2.63. The van der Waals surface area contributed by atoms with E-state index in [0.29, 0.717) is 26.3 Å². The zero-order valence-corrected chi connectivity index (χ0v) is 16.3. The van der Waals surface area contributed by atoms with E-state index in [0.717, 1.165) is 16.7 Å². The van der Waals surface area contributed by atoms with Crippen LogP contribution in [0.15, 0.2) is 65.2 Å². The number of benzene rings is 2. The molecule has 150 valence electrons. The Hall–Kier alpha value is -2.67. The molecule has 2 aromatic carbocycles. The van der Waals surface area contributed by atoms with Gasteiger partial charge >= 0.3 is 0 Å². The summed E-state index contributed by atoms with van der Waals surface area (Å²) in [5, 5.41) is 0. The molecule has 1 amide bonds. The first-order valence-corrected chi connectivity index (χ1v) is 9.65. The molecular weight excluding hydrogens is 371 g/mol. The van der Waals surface area contributed by atoms with Crippen molar-refractivity contribution >= 4 is 12.1 Å². The summed E-state index contributed by atoms with van der Waals surface area (Å²) in [5.74, 6) is -0.524. The molecule has 2 aliphatic heterocycles. The molecule has 0 bridgehead atoms. The molecule has 1 saturated heterocycles. The van der Waals surface area contributed by atoms with E-state index < -0.39 is 6.29 Å². The normalized spacial score (nSPS) is 22.1. The first kappa shape index (κ1) is 19.6. The molecule has 0 unspecified atom stereocenters. The molecule has 2 heterocycles. The summed E-state index contributed by atoms with van der Waals surface area (Å²) in [6.45, 7) is 4.19. The van der Waals surface area contributed by atoms with Crippen molar-refractivity contribution in [2.24, 2.45) is 4.99 Å². The maximum Gasteiger partial charge on any atom is 0.270 e. The third kappa shape index (κ3) is 4.85. The summed E-state index contributed by atoms with van der Waals surface area (Å²) < 4.78 is 25.6. The third-order valence-corrected chi connectivity index (χ3v) is 5.07. The first-order chi connectivity index (χ1) is 14.1. The van der Waals surface area contributed by atoms with Gasteiger partial charge in [-0.1, -0.05) is 42.0 Å². The largest absolute Gasteiger partial charge is 0.349 e. The summed E-state index contributed by atoms with van der Waals surface area (Å²) in [5.41, 5.74) is 3.99. The Kier molecular flexibility index (Phi) is 5.94. The van der Waals surface area contributed by atoms with Crippen LogP contribution in [0.4, 0.5) is 4.39 Å². The Morgan fingerprint density at radius 2 is 2.07 bits per heavy atom. The topological polar surface area (TPSA) is 51.1 Å². The predicted molar refractivity (Wildman–Crippen MR) is 108 cm³/mol. The number of hydrogen-bond donors (Lipinski definition) is 0. The van der Waals surface area contributed by atoms with E-state index in [4.69, 9.17) is 9.47 Å². The van der Waals surface area contributed by atoms with Crippen LogP contribution >= 0.6 is 0 Å². The second kappa shape index (κ2) is 8.78. The van der Waals surface area contributed by atoms with E-state index in [9.17, 15) is 9.18 Å². The van der Waals surface area contributed by atoms with E-state index in [-0.39, 0.29) is 17.8 Å². The highest BCUT2D eigenvalue weighted by atomic mass is 19.1. The number of aliphatic imine (C=N–C) groups is 1. The van der Waals surface area contributed by atoms with Crippen LogP contribution in [0, 0.1) is 12.7 Å². The number of hydrogen-bond acceptors (Lipinski definition) is 4. The van der Waals surface area contributed by atoms with Gasteiger partial charge in [0.1, 0.15) is 5.82 Å². The van der Waals surface area contributed by atoms with E-state index in [1.807, 2.05) is 25.1 Å². The van der Waals surface area contributed by atoms with Crippen LogP contribution in [-0.2, 0) is 20.9 Å². The van der Waals surface area contributed by atoms with Crippen molar-refractivity contribution < 1.29 is 18.7 Å². The molecule has 0 spiro atoms. The van der Waals surface area contributed by atoms with Gasteiger partial charge in [-0.3, -0.25) is 9.69 Å². The zero-order chi connectivity index (χ0) is 20.2. The second-order valence-electron chi connectivity index (χ2n) is 7.32. The van der Waals surface area contributed by atoms with Crippen LogP contribution in [0.3, 0.4) is 0 Å². The van der Waals surface area contributed by atoms with Crippen molar-refractivity contribution in [3.05, 3.63) is 82.7 Å². The van der Waals surface area contributed by atoms with Crippen LogP contribution in [-0.4, -0.2) is 43.0 Å². The van der Waals surface area contributed by atoms with Gasteiger partial charge in [-0.05, 0) is 35.8 Å². The standard InChI is InChI=1S/C23H23FN2O3/c1-16-3-2-4-17(11-16)15-29-23-22(19-5-7-20(24)8-6-19)26(9-10-28-23)14-18-12-21(27)25-13-18/h2-8,11-13,22-23H,9-10,14-15H2,1H3/t22-,23+/m0/s1. The number of ether oxygens (including phenoxy) is 2. The summed E-state index contributed by atoms with van der Waals surface area (Å²) in [7, 11) is 0. The molecular formula is C23H23FN2O3. The predicted octanol–water partition coefficient (Wildman–Crippen LogP) is 3.59. The fourth-order valence-electron chi connectivity index (χ4n) is 3.71. The molecule has 2 aromatic rings. The lowest BCUT2D eigenvalue weighted by molar-refractivity contribution is -0.215. The van der Waals surface area contributed by atoms with E-state index in [1.54, 1.807) is 24.4 Å². The molecule has 2 atom stereocenters. The Morgan fingerprint density at radius 3 is 2.79 bits per heavy atom. The molecule has 0 radical (unpaired) electrons. The zero-order valence-electron chi connectivity index (χ0n) is 16.3. The minimum absolute atomic E-state index is 0.223. The van der Waals surface area contributed by atoms with Gasteiger partial charge in [0, 0.05) is 25.4 Å². The fraction of sp³-hybridized carbons (Fsp3) is 0.304. The minimum atomic E-state index is -0.510. The number of amides is 1. The van der Waals surface area contributed by atoms with Crippen LogP contribution in [0.1, 0.15) is 22.7 Å². The van der Waals surface area contributed by atoms with Gasteiger partial charge in [0.15, 0.2) is 6.29 Å². The van der Waals surface area contributed by atoms with Crippen LogP contribution in [0.25, 0.3) is 0 Å². The van der Waals surface area contributed by atoms with Crippen LogP contribution in [0.2, 0.25) is 0 Å². The Balaban J connectivity index is 1.56. The quantitative estimate of drug-likeness (QED) is 0.751. The van der Waals surface area contributed by atoms with Gasteiger partial charge in [0.05, 0.1) is 19.3 Å². The van der Waals surface area contributed by atoms with Crippen molar-refractivity contribution in [3.63, 3.8) is 0 Å². The average molecular weight is 394 g/mol. The van der Waals surface area contributed by atoms with Crippen LogP contribution < -0.4 is 0 Å². The number of carbonyl (C=O) groups is 1. The molecule has 0 aliphatic carbocycles. The van der Waals surface area contributed by atoms with Gasteiger partial charge in [0.25, 0.3) is 5.91 Å². The van der Waals surface area contributed by atoms with E-state index in [2.05, 4.69) is 16.0 Å². The average Bonchev–Trinajstić information content (AvgIpc) is 3.12. The van der Waals surface area contributed by atoms with Crippen molar-refractivity contribution in [2.45, 2.75) is 25.9 Å². The SMILES string of the molecule is Cc1cccc(CO[C@H]2OCCN(CC3=CC(=O)N=C3)[C@H]2c2ccc(F)cc2)c1. The van der Waals surface area contributed by atoms with Crippen molar-refractivity contribution in [3.8, 4) is 0 Å². The molecule has 5 nitrogen and oxygen atoms in total. The Labute approximate surface area is 169 Å². The second-order valence-corrected chi connectivity index (χ2v) is 7.32. The number of aryl methyl sites for hydroxylation is 1. The molecule has 0 saturated carbocycles. The van der Waals surface area contributed by atoms with Gasteiger partial charge in [-0.25, -0.2) is 9.38 Å². The number of nitrogens with zero attached hydrogens (tertiary/aromatic N) is 2. The van der Waals surface area contributed by atoms with Crippen molar-refractivity contribution in [2.75, 3.05) is 19.7 Å². The number of halogens is 1. The highest BCUT2D eigenvalue weighted by Gasteiger charge is 2.35. The monoisotopic (exact) mass is 394 g/mol. The van der Waals surface area contributed by atoms with Gasteiger partial charge in [-0.15, -0.1) is 0 Å². The molecule has 1 fully saturated rings. The van der Waals surface area contributed by atoms with Crippen LogP contribution in [0.5, 0.6) is 0 Å². The third-order valence-electron chi connectivity index (χ3n) is 5.07.